The first-order chi connectivity index (χ1) is 10.0. The van der Waals surface area contributed by atoms with E-state index in [9.17, 15) is 9.59 Å². The lowest BCUT2D eigenvalue weighted by Crippen LogP contribution is -2.53. The van der Waals surface area contributed by atoms with Crippen LogP contribution in [0.3, 0.4) is 0 Å². The maximum absolute atomic E-state index is 12.5. The van der Waals surface area contributed by atoms with Gasteiger partial charge in [0.25, 0.3) is 5.91 Å². The minimum atomic E-state index is -0.121. The van der Waals surface area contributed by atoms with E-state index in [1.807, 2.05) is 6.92 Å². The molecule has 1 aliphatic heterocycles. The molecule has 1 fully saturated rings. The molecule has 5 nitrogen and oxygen atoms in total. The molecule has 0 unspecified atom stereocenters. The summed E-state index contributed by atoms with van der Waals surface area (Å²) in [4.78, 5) is 27.8. The van der Waals surface area contributed by atoms with E-state index < -0.39 is 0 Å². The number of halogens is 1. The normalized spacial score (nSPS) is 15.5. The molecule has 0 spiro atoms. The number of nitrogens with zero attached hydrogens (tertiary/aromatic N) is 2. The molecule has 6 heteroatoms. The second-order valence-electron chi connectivity index (χ2n) is 5.06. The Labute approximate surface area is 129 Å². The van der Waals surface area contributed by atoms with Crippen molar-refractivity contribution in [1.29, 1.82) is 0 Å². The summed E-state index contributed by atoms with van der Waals surface area (Å²) < 4.78 is 4.98. The van der Waals surface area contributed by atoms with Gasteiger partial charge in [-0.25, -0.2) is 0 Å². The fraction of sp³-hybridized carbons (Fsp3) is 0.467. The molecular weight excluding hydrogens is 292 g/mol. The van der Waals surface area contributed by atoms with Crippen LogP contribution in [0.25, 0.3) is 0 Å². The summed E-state index contributed by atoms with van der Waals surface area (Å²) in [6.07, 6.45) is 0. The van der Waals surface area contributed by atoms with Crippen molar-refractivity contribution in [3.63, 3.8) is 0 Å². The highest BCUT2D eigenvalue weighted by Gasteiger charge is 2.27. The average molecular weight is 311 g/mol. The molecule has 1 aliphatic rings. The molecule has 0 atom stereocenters. The highest BCUT2D eigenvalue weighted by Crippen LogP contribution is 2.18. The number of carbonyl (C=O) groups excluding carboxylic acids is 2. The highest BCUT2D eigenvalue weighted by atomic mass is 35.5. The van der Waals surface area contributed by atoms with Crippen molar-refractivity contribution in [3.05, 3.63) is 34.3 Å². The van der Waals surface area contributed by atoms with E-state index in [1.165, 1.54) is 0 Å². The third-order valence-electron chi connectivity index (χ3n) is 3.59. The molecule has 1 heterocycles. The molecule has 0 saturated carbocycles. The van der Waals surface area contributed by atoms with Gasteiger partial charge in [-0.15, -0.1) is 0 Å². The molecule has 0 radical (unpaired) electrons. The number of ether oxygens (including phenoxy) is 1. The third kappa shape index (κ3) is 3.74. The van der Waals surface area contributed by atoms with Gasteiger partial charge in [-0.05, 0) is 30.7 Å². The van der Waals surface area contributed by atoms with Crippen LogP contribution in [0.5, 0.6) is 0 Å². The minimum Gasteiger partial charge on any atom is -0.383 e. The van der Waals surface area contributed by atoms with Crippen LogP contribution in [0.1, 0.15) is 15.9 Å². The molecule has 114 valence electrons. The number of aryl methyl sites for hydroxylation is 1. The van der Waals surface area contributed by atoms with Crippen LogP contribution in [0, 0.1) is 6.92 Å². The summed E-state index contributed by atoms with van der Waals surface area (Å²) >= 11 is 5.90. The fourth-order valence-electron chi connectivity index (χ4n) is 2.36. The third-order valence-corrected chi connectivity index (χ3v) is 3.83. The number of rotatable bonds is 4. The van der Waals surface area contributed by atoms with Gasteiger partial charge in [-0.1, -0.05) is 11.6 Å². The quantitative estimate of drug-likeness (QED) is 0.848. The lowest BCUT2D eigenvalue weighted by atomic mass is 10.1. The topological polar surface area (TPSA) is 49.9 Å². The number of amides is 2. The maximum atomic E-state index is 12.5. The molecular formula is C15H19ClN2O3. The van der Waals surface area contributed by atoms with Gasteiger partial charge in [0.2, 0.25) is 5.91 Å². The van der Waals surface area contributed by atoms with E-state index in [-0.39, 0.29) is 18.4 Å². The summed E-state index contributed by atoms with van der Waals surface area (Å²) in [7, 11) is 1.60. The number of carbonyl (C=O) groups is 2. The van der Waals surface area contributed by atoms with Gasteiger partial charge in [0, 0.05) is 37.3 Å². The van der Waals surface area contributed by atoms with E-state index in [0.717, 1.165) is 5.56 Å². The number of hydrogen-bond acceptors (Lipinski definition) is 3. The number of benzene rings is 1. The largest absolute Gasteiger partial charge is 0.383 e. The first-order valence-electron chi connectivity index (χ1n) is 6.85. The predicted octanol–water partition coefficient (Wildman–Crippen LogP) is 1.58. The van der Waals surface area contributed by atoms with E-state index in [2.05, 4.69) is 0 Å². The summed E-state index contributed by atoms with van der Waals surface area (Å²) in [5, 5.41) is 0.601. The predicted molar refractivity (Wildman–Crippen MR) is 80.5 cm³/mol. The Balaban J connectivity index is 2.03. The molecule has 1 aromatic carbocycles. The fourth-order valence-corrected chi connectivity index (χ4v) is 2.58. The van der Waals surface area contributed by atoms with Gasteiger partial charge in [0.15, 0.2) is 0 Å². The Morgan fingerprint density at radius 1 is 1.38 bits per heavy atom. The lowest BCUT2D eigenvalue weighted by molar-refractivity contribution is -0.135. The zero-order valence-electron chi connectivity index (χ0n) is 12.3. The molecule has 0 aromatic heterocycles. The standard InChI is InChI=1S/C15H19ClN2O3/c1-11-9-12(16)3-4-13(11)15(20)18-6-5-17(7-8-21-2)14(19)10-18/h3-4,9H,5-8,10H2,1-2H3. The van der Waals surface area contributed by atoms with Crippen molar-refractivity contribution < 1.29 is 14.3 Å². The Hall–Kier alpha value is -1.59. The van der Waals surface area contributed by atoms with E-state index in [0.29, 0.717) is 36.8 Å². The smallest absolute Gasteiger partial charge is 0.254 e. The van der Waals surface area contributed by atoms with E-state index >= 15 is 0 Å². The summed E-state index contributed by atoms with van der Waals surface area (Å²) in [6, 6.07) is 5.16. The average Bonchev–Trinajstić information content (AvgIpc) is 2.45. The minimum absolute atomic E-state index is 0.0433. The van der Waals surface area contributed by atoms with Gasteiger partial charge >= 0.3 is 0 Å². The lowest BCUT2D eigenvalue weighted by Gasteiger charge is -2.34. The van der Waals surface area contributed by atoms with Crippen LogP contribution < -0.4 is 0 Å². The van der Waals surface area contributed by atoms with Crippen LogP contribution in [-0.4, -0.2) is 61.5 Å². The molecule has 21 heavy (non-hydrogen) atoms. The second kappa shape index (κ2) is 6.91. The van der Waals surface area contributed by atoms with Crippen LogP contribution in [0.2, 0.25) is 5.02 Å². The number of piperazine rings is 1. The van der Waals surface area contributed by atoms with Crippen LogP contribution >= 0.6 is 11.6 Å². The summed E-state index contributed by atoms with van der Waals surface area (Å²) in [6.45, 7) is 4.12. The monoisotopic (exact) mass is 310 g/mol. The van der Waals surface area contributed by atoms with Crippen molar-refractivity contribution >= 4 is 23.4 Å². The zero-order chi connectivity index (χ0) is 15.4. The molecule has 0 N–H and O–H groups in total. The number of methoxy groups -OCH3 is 1. The molecule has 1 saturated heterocycles. The van der Waals surface area contributed by atoms with Crippen molar-refractivity contribution in [2.75, 3.05) is 39.9 Å². The van der Waals surface area contributed by atoms with Gasteiger partial charge in [-0.3, -0.25) is 9.59 Å². The molecule has 0 bridgehead atoms. The second-order valence-corrected chi connectivity index (χ2v) is 5.50. The zero-order valence-corrected chi connectivity index (χ0v) is 13.0. The molecule has 1 aromatic rings. The van der Waals surface area contributed by atoms with Gasteiger partial charge < -0.3 is 14.5 Å². The van der Waals surface area contributed by atoms with Crippen molar-refractivity contribution in [1.82, 2.24) is 9.80 Å². The Kier molecular flexibility index (Phi) is 5.20. The van der Waals surface area contributed by atoms with Gasteiger partial charge in [-0.2, -0.15) is 0 Å². The van der Waals surface area contributed by atoms with Crippen LogP contribution in [-0.2, 0) is 9.53 Å². The first-order valence-corrected chi connectivity index (χ1v) is 7.23. The number of hydrogen-bond donors (Lipinski definition) is 0. The summed E-state index contributed by atoms with van der Waals surface area (Å²) in [5.41, 5.74) is 1.42. The van der Waals surface area contributed by atoms with Crippen LogP contribution in [0.15, 0.2) is 18.2 Å². The maximum Gasteiger partial charge on any atom is 0.254 e. The summed E-state index contributed by atoms with van der Waals surface area (Å²) in [5.74, 6) is -0.165. The SMILES string of the molecule is COCCN1CCN(C(=O)c2ccc(Cl)cc2C)CC1=O. The Morgan fingerprint density at radius 3 is 2.76 bits per heavy atom. The van der Waals surface area contributed by atoms with Gasteiger partial charge in [0.1, 0.15) is 6.54 Å². The first kappa shape index (κ1) is 15.8. The molecule has 0 aliphatic carbocycles. The van der Waals surface area contributed by atoms with Crippen molar-refractivity contribution in [2.24, 2.45) is 0 Å². The van der Waals surface area contributed by atoms with Crippen molar-refractivity contribution in [2.45, 2.75) is 6.92 Å². The molecule has 2 amide bonds. The van der Waals surface area contributed by atoms with E-state index in [1.54, 1.807) is 35.1 Å². The Morgan fingerprint density at radius 2 is 2.14 bits per heavy atom. The van der Waals surface area contributed by atoms with E-state index in [4.69, 9.17) is 16.3 Å². The Bertz CT molecular complexity index is 548. The highest BCUT2D eigenvalue weighted by molar-refractivity contribution is 6.30. The van der Waals surface area contributed by atoms with Crippen LogP contribution in [0.4, 0.5) is 0 Å². The molecule has 2 rings (SSSR count). The van der Waals surface area contributed by atoms with Gasteiger partial charge in [0.05, 0.1) is 6.61 Å². The van der Waals surface area contributed by atoms with Crippen molar-refractivity contribution in [3.8, 4) is 0 Å².